The first-order valence-electron chi connectivity index (χ1n) is 11.0. The van der Waals surface area contributed by atoms with E-state index in [2.05, 4.69) is 4.99 Å². The Bertz CT molecular complexity index is 1310. The maximum atomic E-state index is 12.8. The van der Waals surface area contributed by atoms with Crippen molar-refractivity contribution in [2.45, 2.75) is 12.5 Å². The number of para-hydroxylation sites is 1. The topological polar surface area (TPSA) is 68.5 Å². The highest BCUT2D eigenvalue weighted by atomic mass is 32.2. The smallest absolute Gasteiger partial charge is 0.286 e. The fourth-order valence-electron chi connectivity index (χ4n) is 4.02. The molecule has 1 amide bonds. The van der Waals surface area contributed by atoms with Crippen LogP contribution in [0.3, 0.4) is 0 Å². The van der Waals surface area contributed by atoms with Gasteiger partial charge in [-0.15, -0.1) is 0 Å². The standard InChI is InChI=1S/C27H24N4O2S/c1-30(2)20-14-12-18(13-15-20)16-25-26(33)28-27(34-25)31-23(21-10-6-7-11-24(21)32)17-22(29-31)19-8-4-3-5-9-19/h3-16,23,32H,17H2,1-2H3/b25-16-. The van der Waals surface area contributed by atoms with E-state index in [0.29, 0.717) is 16.5 Å². The van der Waals surface area contributed by atoms with Crippen molar-refractivity contribution < 1.29 is 9.90 Å². The van der Waals surface area contributed by atoms with Crippen LogP contribution in [0.1, 0.15) is 29.2 Å². The zero-order chi connectivity index (χ0) is 23.7. The molecule has 2 heterocycles. The molecule has 2 aliphatic rings. The van der Waals surface area contributed by atoms with E-state index >= 15 is 0 Å². The molecular weight excluding hydrogens is 444 g/mol. The minimum atomic E-state index is -0.281. The Labute approximate surface area is 202 Å². The van der Waals surface area contributed by atoms with Crippen molar-refractivity contribution in [3.8, 4) is 5.75 Å². The summed E-state index contributed by atoms with van der Waals surface area (Å²) in [6.45, 7) is 0. The molecule has 0 saturated carbocycles. The molecule has 0 aliphatic carbocycles. The molecule has 1 unspecified atom stereocenters. The summed E-state index contributed by atoms with van der Waals surface area (Å²) in [7, 11) is 3.98. The molecule has 1 atom stereocenters. The van der Waals surface area contributed by atoms with Gasteiger partial charge in [0.2, 0.25) is 0 Å². The van der Waals surface area contributed by atoms with E-state index < -0.39 is 0 Å². The van der Waals surface area contributed by atoms with Gasteiger partial charge in [0.1, 0.15) is 5.75 Å². The largest absolute Gasteiger partial charge is 0.508 e. The lowest BCUT2D eigenvalue weighted by Crippen LogP contribution is -2.23. The number of carbonyl (C=O) groups excluding carboxylic acids is 1. The summed E-state index contributed by atoms with van der Waals surface area (Å²) < 4.78 is 0. The molecule has 0 radical (unpaired) electrons. The summed E-state index contributed by atoms with van der Waals surface area (Å²) in [4.78, 5) is 19.7. The van der Waals surface area contributed by atoms with Gasteiger partial charge in [-0.05, 0) is 47.2 Å². The predicted octanol–water partition coefficient (Wildman–Crippen LogP) is 5.28. The number of hydrazone groups is 1. The van der Waals surface area contributed by atoms with Gasteiger partial charge in [-0.2, -0.15) is 10.1 Å². The van der Waals surface area contributed by atoms with Gasteiger partial charge in [0.15, 0.2) is 5.17 Å². The van der Waals surface area contributed by atoms with E-state index in [4.69, 9.17) is 5.10 Å². The number of thioether (sulfide) groups is 1. The van der Waals surface area contributed by atoms with Gasteiger partial charge in [0.05, 0.1) is 16.7 Å². The van der Waals surface area contributed by atoms with Gasteiger partial charge < -0.3 is 10.0 Å². The molecule has 5 rings (SSSR count). The third-order valence-electron chi connectivity index (χ3n) is 5.83. The second-order valence-electron chi connectivity index (χ2n) is 8.33. The van der Waals surface area contributed by atoms with E-state index in [0.717, 1.165) is 28.1 Å². The molecule has 6 nitrogen and oxygen atoms in total. The highest BCUT2D eigenvalue weighted by Gasteiger charge is 2.37. The Balaban J connectivity index is 1.46. The van der Waals surface area contributed by atoms with Crippen molar-refractivity contribution in [1.82, 2.24) is 5.01 Å². The molecule has 2 aliphatic heterocycles. The zero-order valence-electron chi connectivity index (χ0n) is 18.9. The van der Waals surface area contributed by atoms with Crippen molar-refractivity contribution in [3.05, 3.63) is 100 Å². The highest BCUT2D eigenvalue weighted by molar-refractivity contribution is 8.18. The van der Waals surface area contributed by atoms with Crippen LogP contribution in [0.25, 0.3) is 6.08 Å². The van der Waals surface area contributed by atoms with Crippen LogP contribution in [0.2, 0.25) is 0 Å². The predicted molar refractivity (Wildman–Crippen MR) is 139 cm³/mol. The first-order valence-corrected chi connectivity index (χ1v) is 11.8. The van der Waals surface area contributed by atoms with Gasteiger partial charge in [-0.3, -0.25) is 4.79 Å². The lowest BCUT2D eigenvalue weighted by molar-refractivity contribution is -0.113. The Hall–Kier alpha value is -3.84. The van der Waals surface area contributed by atoms with Crippen LogP contribution < -0.4 is 4.90 Å². The Kier molecular flexibility index (Phi) is 5.94. The maximum Gasteiger partial charge on any atom is 0.286 e. The number of carbonyl (C=O) groups is 1. The summed E-state index contributed by atoms with van der Waals surface area (Å²) >= 11 is 1.31. The molecule has 7 heteroatoms. The Morgan fingerprint density at radius 3 is 2.41 bits per heavy atom. The Morgan fingerprint density at radius 2 is 1.71 bits per heavy atom. The molecule has 0 spiro atoms. The first kappa shape index (κ1) is 22.0. The minimum absolute atomic E-state index is 0.202. The summed E-state index contributed by atoms with van der Waals surface area (Å²) in [6.07, 6.45) is 2.45. The van der Waals surface area contributed by atoms with E-state index in [9.17, 15) is 9.90 Å². The summed E-state index contributed by atoms with van der Waals surface area (Å²) in [5.41, 5.74) is 4.68. The normalized spacial score (nSPS) is 18.9. The second kappa shape index (κ2) is 9.19. The number of aliphatic imine (C=N–C) groups is 1. The van der Waals surface area contributed by atoms with E-state index in [1.54, 1.807) is 17.1 Å². The van der Waals surface area contributed by atoms with Crippen molar-refractivity contribution in [2.24, 2.45) is 10.1 Å². The lowest BCUT2D eigenvalue weighted by Gasteiger charge is -2.23. The number of anilines is 1. The van der Waals surface area contributed by atoms with Crippen molar-refractivity contribution >= 4 is 40.3 Å². The van der Waals surface area contributed by atoms with Gasteiger partial charge in [-0.1, -0.05) is 60.7 Å². The van der Waals surface area contributed by atoms with Crippen LogP contribution in [0, 0.1) is 0 Å². The fraction of sp³-hybridized carbons (Fsp3) is 0.148. The molecule has 0 fully saturated rings. The molecule has 3 aromatic carbocycles. The summed E-state index contributed by atoms with van der Waals surface area (Å²) in [5.74, 6) is -0.0789. The third kappa shape index (κ3) is 4.34. The molecule has 34 heavy (non-hydrogen) atoms. The summed E-state index contributed by atoms with van der Waals surface area (Å²) in [5, 5.41) is 17.7. The number of nitrogens with zero attached hydrogens (tertiary/aromatic N) is 4. The molecule has 170 valence electrons. The van der Waals surface area contributed by atoms with Crippen molar-refractivity contribution in [1.29, 1.82) is 0 Å². The number of hydrogen-bond donors (Lipinski definition) is 1. The van der Waals surface area contributed by atoms with E-state index in [1.165, 1.54) is 11.8 Å². The summed E-state index contributed by atoms with van der Waals surface area (Å²) in [6, 6.07) is 25.0. The third-order valence-corrected chi connectivity index (χ3v) is 6.80. The van der Waals surface area contributed by atoms with Crippen LogP contribution in [0.15, 0.2) is 93.9 Å². The number of amides is 1. The minimum Gasteiger partial charge on any atom is -0.508 e. The highest BCUT2D eigenvalue weighted by Crippen LogP contribution is 2.41. The van der Waals surface area contributed by atoms with Crippen LogP contribution in [-0.2, 0) is 4.79 Å². The maximum absolute atomic E-state index is 12.8. The van der Waals surface area contributed by atoms with Gasteiger partial charge in [0, 0.05) is 31.8 Å². The number of phenolic OH excluding ortho intramolecular Hbond substituents is 1. The molecule has 3 aromatic rings. The van der Waals surface area contributed by atoms with Gasteiger partial charge in [-0.25, -0.2) is 5.01 Å². The quantitative estimate of drug-likeness (QED) is 0.528. The number of hydrogen-bond acceptors (Lipinski definition) is 6. The van der Waals surface area contributed by atoms with Crippen molar-refractivity contribution in [2.75, 3.05) is 19.0 Å². The van der Waals surface area contributed by atoms with Crippen LogP contribution in [0.5, 0.6) is 5.75 Å². The van der Waals surface area contributed by atoms with E-state index in [-0.39, 0.29) is 17.7 Å². The number of aromatic hydroxyl groups is 1. The Morgan fingerprint density at radius 1 is 1.00 bits per heavy atom. The second-order valence-corrected chi connectivity index (χ2v) is 9.34. The van der Waals surface area contributed by atoms with Gasteiger partial charge >= 0.3 is 0 Å². The van der Waals surface area contributed by atoms with Gasteiger partial charge in [0.25, 0.3) is 5.91 Å². The molecule has 0 bridgehead atoms. The van der Waals surface area contributed by atoms with Crippen molar-refractivity contribution in [3.63, 3.8) is 0 Å². The number of rotatable bonds is 4. The lowest BCUT2D eigenvalue weighted by atomic mass is 9.98. The number of benzene rings is 3. The van der Waals surface area contributed by atoms with Crippen LogP contribution >= 0.6 is 11.8 Å². The first-order chi connectivity index (χ1) is 16.5. The monoisotopic (exact) mass is 468 g/mol. The van der Waals surface area contributed by atoms with Crippen LogP contribution in [-0.4, -0.2) is 41.0 Å². The number of phenols is 1. The fourth-order valence-corrected chi connectivity index (χ4v) is 4.93. The molecule has 0 aromatic heterocycles. The average molecular weight is 469 g/mol. The number of amidine groups is 1. The average Bonchev–Trinajstić information content (AvgIpc) is 3.44. The molecule has 0 saturated heterocycles. The van der Waals surface area contributed by atoms with E-state index in [1.807, 2.05) is 91.8 Å². The zero-order valence-corrected chi connectivity index (χ0v) is 19.7. The molecule has 1 N–H and O–H groups in total. The molecular formula is C27H24N4O2S. The van der Waals surface area contributed by atoms with Crippen LogP contribution in [0.4, 0.5) is 5.69 Å². The SMILES string of the molecule is CN(C)c1ccc(/C=C2\SC(N3N=C(c4ccccc4)CC3c3ccccc3O)=NC2=O)cc1.